The molecule has 0 bridgehead atoms. The molecule has 9 aromatic rings. The summed E-state index contributed by atoms with van der Waals surface area (Å²) >= 11 is 0. The van der Waals surface area contributed by atoms with Gasteiger partial charge in [0.05, 0.1) is 27.8 Å². The minimum atomic E-state index is 1.16. The van der Waals surface area contributed by atoms with Crippen molar-refractivity contribution in [1.29, 1.82) is 0 Å². The summed E-state index contributed by atoms with van der Waals surface area (Å²) < 4.78 is 4.86. The second-order valence-corrected chi connectivity index (χ2v) is 11.0. The average Bonchev–Trinajstić information content (AvgIpc) is 3.58. The Kier molecular flexibility index (Phi) is 4.93. The molecule has 0 spiro atoms. The van der Waals surface area contributed by atoms with E-state index < -0.39 is 0 Å². The summed E-state index contributed by atoms with van der Waals surface area (Å²) in [6, 6.07) is 57.2. The Labute approximate surface area is 243 Å². The van der Waals surface area contributed by atoms with Gasteiger partial charge in [0.15, 0.2) is 0 Å². The summed E-state index contributed by atoms with van der Waals surface area (Å²) in [6.07, 6.45) is 0. The zero-order chi connectivity index (χ0) is 27.6. The van der Waals surface area contributed by atoms with Crippen molar-refractivity contribution in [2.45, 2.75) is 0 Å². The van der Waals surface area contributed by atoms with Crippen molar-refractivity contribution in [3.05, 3.63) is 158 Å². The van der Waals surface area contributed by atoms with Gasteiger partial charge in [0.1, 0.15) is 0 Å². The first-order valence-corrected chi connectivity index (χ1v) is 14.5. The molecule has 0 aliphatic heterocycles. The van der Waals surface area contributed by atoms with Crippen LogP contribution < -0.4 is 0 Å². The van der Waals surface area contributed by atoms with Gasteiger partial charge < -0.3 is 9.13 Å². The van der Waals surface area contributed by atoms with Gasteiger partial charge >= 0.3 is 0 Å². The van der Waals surface area contributed by atoms with Crippen molar-refractivity contribution in [3.8, 4) is 22.5 Å². The molecule has 0 aliphatic carbocycles. The molecular formula is C40H26N2. The van der Waals surface area contributed by atoms with Crippen LogP contribution in [0.15, 0.2) is 158 Å². The van der Waals surface area contributed by atoms with E-state index in [1.807, 2.05) is 0 Å². The lowest BCUT2D eigenvalue weighted by molar-refractivity contribution is 1.17. The Balaban J connectivity index is 1.33. The molecule has 0 atom stereocenters. The molecule has 2 nitrogen and oxygen atoms in total. The second-order valence-electron chi connectivity index (χ2n) is 11.0. The van der Waals surface area contributed by atoms with Crippen LogP contribution in [0.25, 0.3) is 76.9 Å². The first-order valence-electron chi connectivity index (χ1n) is 14.5. The Bertz CT molecular complexity index is 2420. The maximum atomic E-state index is 2.44. The van der Waals surface area contributed by atoms with E-state index in [1.165, 1.54) is 71.2 Å². The second kappa shape index (κ2) is 8.95. The molecule has 0 saturated heterocycles. The largest absolute Gasteiger partial charge is 0.309 e. The van der Waals surface area contributed by atoms with Gasteiger partial charge in [-0.1, -0.05) is 109 Å². The quantitative estimate of drug-likeness (QED) is 0.213. The first-order chi connectivity index (χ1) is 20.8. The molecule has 42 heavy (non-hydrogen) atoms. The third-order valence-corrected chi connectivity index (χ3v) is 8.68. The van der Waals surface area contributed by atoms with Crippen LogP contribution in [0.3, 0.4) is 0 Å². The molecular weight excluding hydrogens is 508 g/mol. The van der Waals surface area contributed by atoms with Crippen LogP contribution in [0.5, 0.6) is 0 Å². The van der Waals surface area contributed by atoms with Crippen LogP contribution in [0.4, 0.5) is 0 Å². The number of benzene rings is 7. The Morgan fingerprint density at radius 3 is 1.67 bits per heavy atom. The number of hydrogen-bond donors (Lipinski definition) is 0. The van der Waals surface area contributed by atoms with E-state index in [0.29, 0.717) is 0 Å². The van der Waals surface area contributed by atoms with E-state index in [9.17, 15) is 0 Å². The van der Waals surface area contributed by atoms with E-state index >= 15 is 0 Å². The molecule has 2 heterocycles. The first kappa shape index (κ1) is 23.1. The van der Waals surface area contributed by atoms with Gasteiger partial charge in [-0.25, -0.2) is 0 Å². The lowest BCUT2D eigenvalue weighted by Gasteiger charge is -2.12. The number of fused-ring (bicyclic) bond motifs is 7. The highest BCUT2D eigenvalue weighted by atomic mass is 15.0. The molecule has 0 radical (unpaired) electrons. The van der Waals surface area contributed by atoms with Crippen molar-refractivity contribution in [2.75, 3.05) is 0 Å². The molecule has 0 fully saturated rings. The lowest BCUT2D eigenvalue weighted by atomic mass is 10.0. The topological polar surface area (TPSA) is 9.86 Å². The highest BCUT2D eigenvalue weighted by Crippen LogP contribution is 2.40. The normalized spacial score (nSPS) is 11.8. The SMILES string of the molecule is c1cc(-c2ccc3ccccc3c2)cc(-n2c3ccccc3c3c(-n4c5ccccc5c5ccccc54)cccc32)c1. The van der Waals surface area contributed by atoms with E-state index in [1.54, 1.807) is 0 Å². The van der Waals surface area contributed by atoms with Crippen LogP contribution in [0, 0.1) is 0 Å². The highest BCUT2D eigenvalue weighted by Gasteiger charge is 2.19. The Hall–Kier alpha value is -5.60. The zero-order valence-electron chi connectivity index (χ0n) is 22.9. The molecule has 0 amide bonds. The third-order valence-electron chi connectivity index (χ3n) is 8.68. The van der Waals surface area contributed by atoms with Crippen LogP contribution in [0.2, 0.25) is 0 Å². The standard InChI is InChI=1S/C40H26N2/c1-2-12-28-25-30(24-23-27(28)11-1)29-13-9-14-31(26-29)41-37-20-8-5-17-34(37)40-38(41)21-10-22-39(40)42-35-18-6-3-15-32(35)33-16-4-7-19-36(33)42/h1-26H. The molecule has 2 heteroatoms. The molecule has 0 unspecified atom stereocenters. The summed E-state index contributed by atoms with van der Waals surface area (Å²) in [7, 11) is 0. The van der Waals surface area contributed by atoms with Gasteiger partial charge in [-0.3, -0.25) is 0 Å². The molecule has 0 aliphatic rings. The van der Waals surface area contributed by atoms with Crippen LogP contribution >= 0.6 is 0 Å². The Morgan fingerprint density at radius 2 is 0.905 bits per heavy atom. The molecule has 7 aromatic carbocycles. The smallest absolute Gasteiger partial charge is 0.0562 e. The lowest BCUT2D eigenvalue weighted by Crippen LogP contribution is -1.96. The van der Waals surface area contributed by atoms with E-state index in [0.717, 1.165) is 5.69 Å². The molecule has 9 rings (SSSR count). The van der Waals surface area contributed by atoms with Crippen LogP contribution in [-0.4, -0.2) is 9.13 Å². The highest BCUT2D eigenvalue weighted by molar-refractivity contribution is 6.16. The van der Waals surface area contributed by atoms with Gasteiger partial charge in [0.25, 0.3) is 0 Å². The van der Waals surface area contributed by atoms with Crippen molar-refractivity contribution in [3.63, 3.8) is 0 Å². The zero-order valence-corrected chi connectivity index (χ0v) is 22.9. The fourth-order valence-electron chi connectivity index (χ4n) is 6.84. The number of aromatic nitrogens is 2. The van der Waals surface area contributed by atoms with Gasteiger partial charge in [0.2, 0.25) is 0 Å². The van der Waals surface area contributed by atoms with Gasteiger partial charge in [-0.2, -0.15) is 0 Å². The van der Waals surface area contributed by atoms with Crippen LogP contribution in [-0.2, 0) is 0 Å². The average molecular weight is 535 g/mol. The monoisotopic (exact) mass is 534 g/mol. The number of hydrogen-bond acceptors (Lipinski definition) is 0. The van der Waals surface area contributed by atoms with E-state index in [4.69, 9.17) is 0 Å². The van der Waals surface area contributed by atoms with Crippen molar-refractivity contribution in [2.24, 2.45) is 0 Å². The predicted octanol–water partition coefficient (Wildman–Crippen LogP) is 10.7. The fraction of sp³-hybridized carbons (Fsp3) is 0. The third kappa shape index (κ3) is 3.33. The van der Waals surface area contributed by atoms with E-state index in [-0.39, 0.29) is 0 Å². The minimum Gasteiger partial charge on any atom is -0.309 e. The minimum absolute atomic E-state index is 1.16. The van der Waals surface area contributed by atoms with Gasteiger partial charge in [-0.15, -0.1) is 0 Å². The molecule has 0 saturated carbocycles. The number of rotatable bonds is 3. The molecule has 0 N–H and O–H groups in total. The van der Waals surface area contributed by atoms with Crippen molar-refractivity contribution in [1.82, 2.24) is 9.13 Å². The maximum absolute atomic E-state index is 2.44. The summed E-state index contributed by atoms with van der Waals surface area (Å²) in [5, 5.41) is 7.58. The summed E-state index contributed by atoms with van der Waals surface area (Å²) in [5.74, 6) is 0. The summed E-state index contributed by atoms with van der Waals surface area (Å²) in [6.45, 7) is 0. The molecule has 196 valence electrons. The van der Waals surface area contributed by atoms with Gasteiger partial charge in [-0.05, 0) is 70.4 Å². The molecule has 2 aromatic heterocycles. The Morgan fingerprint density at radius 1 is 0.333 bits per heavy atom. The fourth-order valence-corrected chi connectivity index (χ4v) is 6.84. The van der Waals surface area contributed by atoms with E-state index in [2.05, 4.69) is 167 Å². The van der Waals surface area contributed by atoms with Gasteiger partial charge in [0, 0.05) is 27.2 Å². The summed E-state index contributed by atoms with van der Waals surface area (Å²) in [5.41, 5.74) is 9.65. The van der Waals surface area contributed by atoms with Crippen molar-refractivity contribution < 1.29 is 0 Å². The number of para-hydroxylation sites is 3. The number of nitrogens with zero attached hydrogens (tertiary/aromatic N) is 2. The van der Waals surface area contributed by atoms with Crippen molar-refractivity contribution >= 4 is 54.4 Å². The van der Waals surface area contributed by atoms with Crippen LogP contribution in [0.1, 0.15) is 0 Å². The maximum Gasteiger partial charge on any atom is 0.0562 e. The predicted molar refractivity (Wildman–Crippen MR) is 178 cm³/mol. The summed E-state index contributed by atoms with van der Waals surface area (Å²) in [4.78, 5) is 0.